The second-order valence-electron chi connectivity index (χ2n) is 4.44. The first-order chi connectivity index (χ1) is 6.89. The summed E-state index contributed by atoms with van der Waals surface area (Å²) in [7, 11) is 1.74. The van der Waals surface area contributed by atoms with Crippen molar-refractivity contribution >= 4 is 0 Å². The van der Waals surface area contributed by atoms with Crippen LogP contribution in [0, 0.1) is 6.92 Å². The minimum absolute atomic E-state index is 0.199. The minimum Gasteiger partial charge on any atom is -0.342 e. The van der Waals surface area contributed by atoms with Crippen molar-refractivity contribution in [2.45, 2.75) is 45.6 Å². The van der Waals surface area contributed by atoms with Gasteiger partial charge in [-0.3, -0.25) is 0 Å². The second-order valence-corrected chi connectivity index (χ2v) is 4.44. The van der Waals surface area contributed by atoms with E-state index in [1.165, 1.54) is 0 Å². The van der Waals surface area contributed by atoms with Crippen LogP contribution in [0.25, 0.3) is 0 Å². The Balaban J connectivity index is 3.88. The fourth-order valence-electron chi connectivity index (χ4n) is 0.759. The molecular weight excluding hydrogens is 194 g/mol. The maximum atomic E-state index is 9.47. The Bertz CT molecular complexity index is 199. The number of unbranched alkanes of at least 4 members (excludes halogenated alkanes) is 2. The SMILES string of the molecule is [CH2]CCCCO/N=[N+](\O)N(C)C(C)(C)C. The molecule has 0 aliphatic heterocycles. The summed E-state index contributed by atoms with van der Waals surface area (Å²) in [6.45, 7) is 10.1. The van der Waals surface area contributed by atoms with Crippen LogP contribution in [-0.4, -0.2) is 34.4 Å². The molecule has 0 amide bonds. The number of nitrogens with zero attached hydrogens (tertiary/aromatic N) is 3. The van der Waals surface area contributed by atoms with E-state index in [9.17, 15) is 5.21 Å². The van der Waals surface area contributed by atoms with Crippen LogP contribution >= 0.6 is 0 Å². The summed E-state index contributed by atoms with van der Waals surface area (Å²) < 4.78 is 0. The molecule has 89 valence electrons. The van der Waals surface area contributed by atoms with E-state index in [0.29, 0.717) is 6.61 Å². The van der Waals surface area contributed by atoms with Gasteiger partial charge in [0.1, 0.15) is 6.61 Å². The Hall–Kier alpha value is -1.00. The molecule has 0 saturated heterocycles. The molecule has 0 heterocycles. The lowest BCUT2D eigenvalue weighted by atomic mass is 10.1. The summed E-state index contributed by atoms with van der Waals surface area (Å²) >= 11 is 0. The molecule has 0 unspecified atom stereocenters. The maximum absolute atomic E-state index is 9.47. The number of hydrazine groups is 1. The Morgan fingerprint density at radius 1 is 1.40 bits per heavy atom. The summed E-state index contributed by atoms with van der Waals surface area (Å²) in [5.74, 6) is 0. The van der Waals surface area contributed by atoms with Crippen LogP contribution in [0.15, 0.2) is 5.28 Å². The van der Waals surface area contributed by atoms with Crippen LogP contribution in [0.5, 0.6) is 0 Å². The third kappa shape index (κ3) is 6.14. The van der Waals surface area contributed by atoms with Gasteiger partial charge in [0.05, 0.1) is 12.6 Å². The number of hydrogen-bond acceptors (Lipinski definition) is 2. The van der Waals surface area contributed by atoms with Gasteiger partial charge in [0.2, 0.25) is 0 Å². The van der Waals surface area contributed by atoms with Crippen LogP contribution in [0.1, 0.15) is 40.0 Å². The molecule has 5 nitrogen and oxygen atoms in total. The molecule has 1 radical (unpaired) electrons. The maximum Gasteiger partial charge on any atom is 0.274 e. The number of hydrogen-bond donors (Lipinski definition) is 1. The van der Waals surface area contributed by atoms with E-state index in [-0.39, 0.29) is 5.54 Å². The highest BCUT2D eigenvalue weighted by Crippen LogP contribution is 2.09. The Morgan fingerprint density at radius 3 is 2.47 bits per heavy atom. The average molecular weight is 217 g/mol. The van der Waals surface area contributed by atoms with Crippen LogP contribution < -0.4 is 0 Å². The lowest BCUT2D eigenvalue weighted by molar-refractivity contribution is -0.946. The van der Waals surface area contributed by atoms with Crippen molar-refractivity contribution in [1.29, 1.82) is 0 Å². The summed E-state index contributed by atoms with van der Waals surface area (Å²) in [5.41, 5.74) is -0.199. The van der Waals surface area contributed by atoms with Gasteiger partial charge in [0, 0.05) is 0 Å². The van der Waals surface area contributed by atoms with Crippen LogP contribution in [0.4, 0.5) is 0 Å². The van der Waals surface area contributed by atoms with Crippen molar-refractivity contribution in [3.63, 3.8) is 0 Å². The van der Waals surface area contributed by atoms with E-state index in [2.05, 4.69) is 12.2 Å². The molecule has 0 rings (SSSR count). The van der Waals surface area contributed by atoms with Gasteiger partial charge < -0.3 is 4.84 Å². The second kappa shape index (κ2) is 6.48. The van der Waals surface area contributed by atoms with Gasteiger partial charge in [-0.05, 0) is 33.6 Å². The summed E-state index contributed by atoms with van der Waals surface area (Å²) in [6.07, 6.45) is 2.81. The molecule has 0 aliphatic carbocycles. The molecule has 0 fully saturated rings. The van der Waals surface area contributed by atoms with Crippen molar-refractivity contribution in [3.05, 3.63) is 6.92 Å². The topological polar surface area (TPSA) is 48.1 Å². The highest BCUT2D eigenvalue weighted by atomic mass is 16.7. The van der Waals surface area contributed by atoms with Gasteiger partial charge in [-0.25, -0.2) is 5.21 Å². The fourth-order valence-corrected chi connectivity index (χ4v) is 0.759. The first-order valence-electron chi connectivity index (χ1n) is 5.24. The van der Waals surface area contributed by atoms with E-state index < -0.39 is 0 Å². The van der Waals surface area contributed by atoms with Gasteiger partial charge in [0.25, 0.3) is 10.2 Å². The van der Waals surface area contributed by atoms with Crippen molar-refractivity contribution in [3.8, 4) is 0 Å². The van der Waals surface area contributed by atoms with Gasteiger partial charge >= 0.3 is 0 Å². The van der Waals surface area contributed by atoms with E-state index >= 15 is 0 Å². The smallest absolute Gasteiger partial charge is 0.274 e. The standard InChI is InChI=1S/C10H23N3O2/c1-6-7-8-9-15-11-13(14)12(5)10(2,3)4/h1,6-9H2,2-5H3,(H,11,14)/q+1. The van der Waals surface area contributed by atoms with E-state index in [1.54, 1.807) is 12.1 Å². The Morgan fingerprint density at radius 2 is 2.00 bits per heavy atom. The van der Waals surface area contributed by atoms with E-state index in [4.69, 9.17) is 4.84 Å². The molecule has 5 heteroatoms. The fraction of sp³-hybridized carbons (Fsp3) is 0.900. The molecule has 0 aromatic heterocycles. The third-order valence-corrected chi connectivity index (χ3v) is 2.11. The monoisotopic (exact) mass is 217 g/mol. The van der Waals surface area contributed by atoms with E-state index in [0.717, 1.165) is 24.2 Å². The normalized spacial score (nSPS) is 12.7. The van der Waals surface area contributed by atoms with Crippen LogP contribution in [0.3, 0.4) is 0 Å². The zero-order valence-corrected chi connectivity index (χ0v) is 10.2. The Labute approximate surface area is 92.2 Å². The van der Waals surface area contributed by atoms with Crippen molar-refractivity contribution < 1.29 is 15.0 Å². The van der Waals surface area contributed by atoms with Crippen molar-refractivity contribution in [1.82, 2.24) is 5.01 Å². The minimum atomic E-state index is -0.199. The molecule has 0 bridgehead atoms. The molecule has 0 aromatic carbocycles. The van der Waals surface area contributed by atoms with Crippen LogP contribution in [-0.2, 0) is 4.84 Å². The summed E-state index contributed by atoms with van der Waals surface area (Å²) in [5, 5.41) is 14.6. The van der Waals surface area contributed by atoms with Gasteiger partial charge in [-0.1, -0.05) is 13.3 Å². The molecule has 0 spiro atoms. The molecular formula is C10H23N3O2+. The Kier molecular flexibility index (Phi) is 6.05. The lowest BCUT2D eigenvalue weighted by Gasteiger charge is -2.21. The summed E-state index contributed by atoms with van der Waals surface area (Å²) in [4.78, 5) is 5.67. The number of rotatable bonds is 6. The van der Waals surface area contributed by atoms with Gasteiger partial charge in [0.15, 0.2) is 0 Å². The van der Waals surface area contributed by atoms with Gasteiger partial charge in [-0.2, -0.15) is 0 Å². The van der Waals surface area contributed by atoms with Crippen LogP contribution in [0.2, 0.25) is 0 Å². The molecule has 0 saturated carbocycles. The highest BCUT2D eigenvalue weighted by Gasteiger charge is 2.28. The van der Waals surface area contributed by atoms with E-state index in [1.807, 2.05) is 20.8 Å². The quantitative estimate of drug-likeness (QED) is 0.322. The third-order valence-electron chi connectivity index (χ3n) is 2.11. The van der Waals surface area contributed by atoms with Crippen molar-refractivity contribution in [2.75, 3.05) is 13.7 Å². The molecule has 0 aromatic rings. The van der Waals surface area contributed by atoms with Gasteiger partial charge in [-0.15, -0.1) is 5.01 Å². The first-order valence-corrected chi connectivity index (χ1v) is 5.24. The zero-order valence-electron chi connectivity index (χ0n) is 10.2. The highest BCUT2D eigenvalue weighted by molar-refractivity contribution is 4.64. The average Bonchev–Trinajstić information content (AvgIpc) is 2.14. The lowest BCUT2D eigenvalue weighted by Crippen LogP contribution is -2.43. The first kappa shape index (κ1) is 14.0. The predicted octanol–water partition coefficient (Wildman–Crippen LogP) is 2.42. The van der Waals surface area contributed by atoms with Crippen molar-refractivity contribution in [2.24, 2.45) is 5.28 Å². The molecule has 0 atom stereocenters. The molecule has 0 aliphatic rings. The predicted molar refractivity (Wildman–Crippen MR) is 57.2 cm³/mol. The largest absolute Gasteiger partial charge is 0.342 e. The molecule has 1 N–H and O–H groups in total. The summed E-state index contributed by atoms with van der Waals surface area (Å²) in [6, 6.07) is 0. The zero-order chi connectivity index (χ0) is 11.9. The molecule has 15 heavy (non-hydrogen) atoms.